The lowest BCUT2D eigenvalue weighted by atomic mass is 9.87. The van der Waals surface area contributed by atoms with E-state index in [2.05, 4.69) is 11.1 Å². The molecule has 2 N–H and O–H groups in total. The van der Waals surface area contributed by atoms with Crippen LogP contribution in [0.1, 0.15) is 42.3 Å². The molecule has 1 aliphatic rings. The molecule has 0 spiro atoms. The van der Waals surface area contributed by atoms with Gasteiger partial charge in [-0.25, -0.2) is 4.98 Å². The van der Waals surface area contributed by atoms with Crippen molar-refractivity contribution in [2.75, 3.05) is 0 Å². The second kappa shape index (κ2) is 4.35. The molecule has 0 unspecified atom stereocenters. The van der Waals surface area contributed by atoms with Crippen molar-refractivity contribution in [3.8, 4) is 0 Å². The predicted octanol–water partition coefficient (Wildman–Crippen LogP) is 2.98. The van der Waals surface area contributed by atoms with Gasteiger partial charge in [0.1, 0.15) is 0 Å². The number of fused-ring (bicyclic) bond motifs is 1. The van der Waals surface area contributed by atoms with E-state index >= 15 is 0 Å². The number of aromatic nitrogens is 2. The first-order valence-electron chi connectivity index (χ1n) is 6.21. The molecule has 0 radical (unpaired) electrons. The number of aryl methyl sites for hydroxylation is 1. The van der Waals surface area contributed by atoms with Crippen molar-refractivity contribution < 1.29 is 0 Å². The van der Waals surface area contributed by atoms with Crippen LogP contribution in [-0.4, -0.2) is 16.0 Å². The molecule has 0 bridgehead atoms. The fourth-order valence-corrected chi connectivity index (χ4v) is 3.58. The van der Waals surface area contributed by atoms with E-state index in [9.17, 15) is 0 Å². The van der Waals surface area contributed by atoms with E-state index < -0.39 is 0 Å². The molecular formula is C13H17N3S. The van der Waals surface area contributed by atoms with Crippen LogP contribution < -0.4 is 5.73 Å². The Morgan fingerprint density at radius 3 is 2.82 bits per heavy atom. The Morgan fingerprint density at radius 1 is 1.29 bits per heavy atom. The number of rotatable bonds is 1. The van der Waals surface area contributed by atoms with Gasteiger partial charge in [0.25, 0.3) is 0 Å². The Hall–Kier alpha value is -1.00. The van der Waals surface area contributed by atoms with Gasteiger partial charge in [0.05, 0.1) is 15.2 Å². The van der Waals surface area contributed by atoms with Crippen LogP contribution in [0, 0.1) is 6.92 Å². The van der Waals surface area contributed by atoms with Crippen molar-refractivity contribution in [3.63, 3.8) is 0 Å². The first kappa shape index (κ1) is 11.1. The van der Waals surface area contributed by atoms with Gasteiger partial charge in [-0.05, 0) is 38.7 Å². The van der Waals surface area contributed by atoms with Crippen molar-refractivity contribution in [3.05, 3.63) is 23.0 Å². The largest absolute Gasteiger partial charge is 0.328 e. The Labute approximate surface area is 105 Å². The van der Waals surface area contributed by atoms with Gasteiger partial charge >= 0.3 is 0 Å². The lowest BCUT2D eigenvalue weighted by Gasteiger charge is -2.24. The maximum absolute atomic E-state index is 5.94. The molecule has 0 aliphatic heterocycles. The van der Waals surface area contributed by atoms with Gasteiger partial charge in [-0.15, -0.1) is 11.3 Å². The van der Waals surface area contributed by atoms with Gasteiger partial charge in [0, 0.05) is 23.9 Å². The van der Waals surface area contributed by atoms with Gasteiger partial charge < -0.3 is 5.73 Å². The first-order valence-corrected chi connectivity index (χ1v) is 7.02. The summed E-state index contributed by atoms with van der Waals surface area (Å²) in [6.07, 6.45) is 6.59. The third-order valence-corrected chi connectivity index (χ3v) is 4.72. The molecule has 2 heterocycles. The number of hydrogen-bond acceptors (Lipinski definition) is 4. The summed E-state index contributed by atoms with van der Waals surface area (Å²) in [4.78, 5) is 9.09. The van der Waals surface area contributed by atoms with E-state index in [1.165, 1.54) is 22.5 Å². The lowest BCUT2D eigenvalue weighted by molar-refractivity contribution is 0.395. The standard InChI is InChI=1S/C13H17N3S/c1-8-6-11-12(7-15-8)17-13(16-11)9-2-4-10(14)5-3-9/h6-7,9-10H,2-5,14H2,1H3. The van der Waals surface area contributed by atoms with Crippen molar-refractivity contribution in [2.45, 2.75) is 44.6 Å². The van der Waals surface area contributed by atoms with Crippen LogP contribution in [0.2, 0.25) is 0 Å². The summed E-state index contributed by atoms with van der Waals surface area (Å²) >= 11 is 1.80. The van der Waals surface area contributed by atoms with Crippen LogP contribution in [-0.2, 0) is 0 Å². The van der Waals surface area contributed by atoms with Crippen molar-refractivity contribution in [2.24, 2.45) is 5.73 Å². The molecule has 1 saturated carbocycles. The second-order valence-corrected chi connectivity index (χ2v) is 6.02. The lowest BCUT2D eigenvalue weighted by Crippen LogP contribution is -2.25. The highest BCUT2D eigenvalue weighted by atomic mass is 32.1. The molecule has 0 atom stereocenters. The molecule has 90 valence electrons. The number of pyridine rings is 1. The van der Waals surface area contributed by atoms with Crippen molar-refractivity contribution in [1.29, 1.82) is 0 Å². The minimum atomic E-state index is 0.407. The van der Waals surface area contributed by atoms with Crippen LogP contribution in [0.25, 0.3) is 10.2 Å². The molecule has 0 aromatic carbocycles. The molecule has 3 rings (SSSR count). The number of hydrogen-bond donors (Lipinski definition) is 1. The van der Waals surface area contributed by atoms with E-state index in [4.69, 9.17) is 10.7 Å². The zero-order valence-corrected chi connectivity index (χ0v) is 10.8. The normalized spacial score (nSPS) is 25.3. The summed E-state index contributed by atoms with van der Waals surface area (Å²) in [7, 11) is 0. The average Bonchev–Trinajstić information content (AvgIpc) is 2.72. The van der Waals surface area contributed by atoms with E-state index in [1.807, 2.05) is 13.1 Å². The Kier molecular flexibility index (Phi) is 2.84. The molecule has 1 fully saturated rings. The number of nitrogens with two attached hydrogens (primary N) is 1. The third-order valence-electron chi connectivity index (χ3n) is 3.55. The van der Waals surface area contributed by atoms with E-state index in [0.717, 1.165) is 24.1 Å². The first-order chi connectivity index (χ1) is 8.22. The van der Waals surface area contributed by atoms with E-state index in [1.54, 1.807) is 11.3 Å². The molecule has 1 aliphatic carbocycles. The van der Waals surface area contributed by atoms with Gasteiger partial charge in [-0.1, -0.05) is 0 Å². The zero-order chi connectivity index (χ0) is 11.8. The molecule has 2 aromatic rings. The molecule has 0 amide bonds. The topological polar surface area (TPSA) is 51.8 Å². The summed E-state index contributed by atoms with van der Waals surface area (Å²) < 4.78 is 1.21. The van der Waals surface area contributed by atoms with Crippen LogP contribution in [0.4, 0.5) is 0 Å². The van der Waals surface area contributed by atoms with Crippen molar-refractivity contribution in [1.82, 2.24) is 9.97 Å². The minimum absolute atomic E-state index is 0.407. The number of thiazole rings is 1. The second-order valence-electron chi connectivity index (χ2n) is 4.96. The van der Waals surface area contributed by atoms with Gasteiger partial charge in [-0.3, -0.25) is 4.98 Å². The Bertz CT molecular complexity index is 526. The highest BCUT2D eigenvalue weighted by Gasteiger charge is 2.22. The minimum Gasteiger partial charge on any atom is -0.328 e. The maximum atomic E-state index is 5.94. The van der Waals surface area contributed by atoms with E-state index in [0.29, 0.717) is 12.0 Å². The predicted molar refractivity (Wildman–Crippen MR) is 71.3 cm³/mol. The quantitative estimate of drug-likeness (QED) is 0.843. The maximum Gasteiger partial charge on any atom is 0.0970 e. The van der Waals surface area contributed by atoms with Crippen LogP contribution in [0.3, 0.4) is 0 Å². The molecule has 3 nitrogen and oxygen atoms in total. The Balaban J connectivity index is 1.90. The molecular weight excluding hydrogens is 230 g/mol. The molecule has 4 heteroatoms. The van der Waals surface area contributed by atoms with Crippen LogP contribution >= 0.6 is 11.3 Å². The van der Waals surface area contributed by atoms with E-state index in [-0.39, 0.29) is 0 Å². The highest BCUT2D eigenvalue weighted by molar-refractivity contribution is 7.18. The Morgan fingerprint density at radius 2 is 2.06 bits per heavy atom. The zero-order valence-electron chi connectivity index (χ0n) is 10.0. The van der Waals surface area contributed by atoms with Gasteiger partial charge in [0.15, 0.2) is 0 Å². The SMILES string of the molecule is Cc1cc2nc(C3CCC(N)CC3)sc2cn1. The smallest absolute Gasteiger partial charge is 0.0970 e. The van der Waals surface area contributed by atoms with Crippen LogP contribution in [0.5, 0.6) is 0 Å². The van der Waals surface area contributed by atoms with Gasteiger partial charge in [-0.2, -0.15) is 0 Å². The van der Waals surface area contributed by atoms with Crippen LogP contribution in [0.15, 0.2) is 12.3 Å². The molecule has 0 saturated heterocycles. The molecule has 2 aromatic heterocycles. The summed E-state index contributed by atoms with van der Waals surface area (Å²) in [5, 5.41) is 1.28. The summed E-state index contributed by atoms with van der Waals surface area (Å²) in [5.41, 5.74) is 8.09. The fraction of sp³-hybridized carbons (Fsp3) is 0.538. The average molecular weight is 247 g/mol. The fourth-order valence-electron chi connectivity index (χ4n) is 2.49. The summed E-state index contributed by atoms with van der Waals surface area (Å²) in [6.45, 7) is 2.01. The summed E-state index contributed by atoms with van der Waals surface area (Å²) in [5.74, 6) is 0.618. The number of nitrogens with zero attached hydrogens (tertiary/aromatic N) is 2. The highest BCUT2D eigenvalue weighted by Crippen LogP contribution is 2.36. The summed E-state index contributed by atoms with van der Waals surface area (Å²) in [6, 6.07) is 2.48. The van der Waals surface area contributed by atoms with Crippen molar-refractivity contribution >= 4 is 21.6 Å². The third kappa shape index (κ3) is 2.19. The van der Waals surface area contributed by atoms with Gasteiger partial charge in [0.2, 0.25) is 0 Å². The molecule has 17 heavy (non-hydrogen) atoms. The monoisotopic (exact) mass is 247 g/mol.